The molecule has 0 atom stereocenters. The number of nitriles is 1. The summed E-state index contributed by atoms with van der Waals surface area (Å²) in [6.45, 7) is 1.41. The topological polar surface area (TPSA) is 71.1 Å². The monoisotopic (exact) mass is 189 g/mol. The minimum atomic E-state index is 0.325. The fourth-order valence-corrected chi connectivity index (χ4v) is 1.29. The van der Waals surface area contributed by atoms with Gasteiger partial charge in [-0.2, -0.15) is 5.26 Å². The van der Waals surface area contributed by atoms with Crippen LogP contribution in [-0.4, -0.2) is 19.3 Å². The highest BCUT2D eigenvalue weighted by molar-refractivity contribution is 5.68. The molecular weight excluding hydrogens is 178 g/mol. The van der Waals surface area contributed by atoms with Crippen LogP contribution in [0.1, 0.15) is 5.56 Å². The van der Waals surface area contributed by atoms with E-state index in [-0.39, 0.29) is 0 Å². The molecule has 1 aliphatic rings. The van der Waals surface area contributed by atoms with Crippen molar-refractivity contribution < 1.29 is 4.74 Å². The first-order chi connectivity index (χ1) is 6.79. The van der Waals surface area contributed by atoms with E-state index < -0.39 is 0 Å². The molecule has 0 amide bonds. The van der Waals surface area contributed by atoms with E-state index in [9.17, 15) is 0 Å². The molecule has 1 heterocycles. The van der Waals surface area contributed by atoms with Gasteiger partial charge in [0.05, 0.1) is 42.3 Å². The zero-order valence-electron chi connectivity index (χ0n) is 7.66. The minimum absolute atomic E-state index is 0.325. The van der Waals surface area contributed by atoms with Crippen molar-refractivity contribution >= 4 is 11.4 Å². The molecule has 3 N–H and O–H groups in total. The standard InChI is InChI=1S/C10H11N3O/c11-4-7-1-2-9(12)10(3-7)13-8-5-14-6-8/h1-3,8,13H,5-6,12H2. The van der Waals surface area contributed by atoms with Gasteiger partial charge >= 0.3 is 0 Å². The zero-order chi connectivity index (χ0) is 9.97. The second-order valence-electron chi connectivity index (χ2n) is 3.29. The minimum Gasteiger partial charge on any atom is -0.397 e. The van der Waals surface area contributed by atoms with Gasteiger partial charge < -0.3 is 15.8 Å². The highest BCUT2D eigenvalue weighted by Crippen LogP contribution is 2.21. The van der Waals surface area contributed by atoms with Crippen LogP contribution < -0.4 is 11.1 Å². The van der Waals surface area contributed by atoms with Crippen molar-refractivity contribution in [2.45, 2.75) is 6.04 Å². The van der Waals surface area contributed by atoms with Crippen molar-refractivity contribution in [1.82, 2.24) is 0 Å². The second kappa shape index (κ2) is 3.56. The smallest absolute Gasteiger partial charge is 0.0992 e. The maximum Gasteiger partial charge on any atom is 0.0992 e. The van der Waals surface area contributed by atoms with Crippen LogP contribution in [0.2, 0.25) is 0 Å². The number of anilines is 2. The molecule has 0 unspecified atom stereocenters. The van der Waals surface area contributed by atoms with Crippen molar-refractivity contribution in [3.63, 3.8) is 0 Å². The largest absolute Gasteiger partial charge is 0.397 e. The predicted octanol–water partition coefficient (Wildman–Crippen LogP) is 0.951. The van der Waals surface area contributed by atoms with Crippen LogP contribution in [0.15, 0.2) is 18.2 Å². The first-order valence-corrected chi connectivity index (χ1v) is 4.43. The van der Waals surface area contributed by atoms with Crippen LogP contribution in [0, 0.1) is 11.3 Å². The Balaban J connectivity index is 2.18. The zero-order valence-corrected chi connectivity index (χ0v) is 7.66. The van der Waals surface area contributed by atoms with Gasteiger partial charge in [-0.05, 0) is 18.2 Å². The van der Waals surface area contributed by atoms with Gasteiger partial charge in [0.25, 0.3) is 0 Å². The summed E-state index contributed by atoms with van der Waals surface area (Å²) in [6, 6.07) is 7.60. The fourth-order valence-electron chi connectivity index (χ4n) is 1.29. The van der Waals surface area contributed by atoms with E-state index >= 15 is 0 Å². The molecule has 0 saturated carbocycles. The van der Waals surface area contributed by atoms with Crippen LogP contribution in [0.5, 0.6) is 0 Å². The Hall–Kier alpha value is -1.73. The molecule has 72 valence electrons. The fraction of sp³-hybridized carbons (Fsp3) is 0.300. The van der Waals surface area contributed by atoms with Gasteiger partial charge in [0, 0.05) is 0 Å². The Morgan fingerprint density at radius 2 is 2.29 bits per heavy atom. The van der Waals surface area contributed by atoms with Crippen LogP contribution in [0.25, 0.3) is 0 Å². The molecule has 1 aromatic rings. The number of rotatable bonds is 2. The van der Waals surface area contributed by atoms with Gasteiger partial charge in [-0.1, -0.05) is 0 Å². The Kier molecular flexibility index (Phi) is 2.25. The van der Waals surface area contributed by atoms with Gasteiger partial charge in [-0.3, -0.25) is 0 Å². The molecule has 1 aromatic carbocycles. The molecule has 0 spiro atoms. The first-order valence-electron chi connectivity index (χ1n) is 4.43. The molecule has 4 heteroatoms. The number of benzene rings is 1. The molecule has 1 saturated heterocycles. The highest BCUT2D eigenvalue weighted by atomic mass is 16.5. The number of nitrogens with two attached hydrogens (primary N) is 1. The second-order valence-corrected chi connectivity index (χ2v) is 3.29. The van der Waals surface area contributed by atoms with E-state index in [0.29, 0.717) is 30.5 Å². The van der Waals surface area contributed by atoms with Crippen molar-refractivity contribution in [3.05, 3.63) is 23.8 Å². The maximum atomic E-state index is 8.71. The summed E-state index contributed by atoms with van der Waals surface area (Å²) in [6.07, 6.45) is 0. The van der Waals surface area contributed by atoms with Crippen LogP contribution in [0.4, 0.5) is 11.4 Å². The van der Waals surface area contributed by atoms with E-state index in [2.05, 4.69) is 11.4 Å². The molecule has 1 aliphatic heterocycles. The molecule has 4 nitrogen and oxygen atoms in total. The predicted molar refractivity (Wildman–Crippen MR) is 53.8 cm³/mol. The van der Waals surface area contributed by atoms with Crippen LogP contribution in [-0.2, 0) is 4.74 Å². The normalized spacial score (nSPS) is 15.6. The third kappa shape index (κ3) is 1.63. The van der Waals surface area contributed by atoms with Gasteiger partial charge in [0.1, 0.15) is 0 Å². The summed E-state index contributed by atoms with van der Waals surface area (Å²) in [7, 11) is 0. The van der Waals surface area contributed by atoms with E-state index in [0.717, 1.165) is 5.69 Å². The van der Waals surface area contributed by atoms with Crippen LogP contribution in [0.3, 0.4) is 0 Å². The molecule has 0 bridgehead atoms. The average molecular weight is 189 g/mol. The lowest BCUT2D eigenvalue weighted by molar-refractivity contribution is 0.0211. The number of hydrogen-bond acceptors (Lipinski definition) is 4. The summed E-state index contributed by atoms with van der Waals surface area (Å²) in [5.74, 6) is 0. The van der Waals surface area contributed by atoms with Crippen molar-refractivity contribution in [2.75, 3.05) is 24.3 Å². The Bertz CT molecular complexity index is 379. The molecular formula is C10H11N3O. The molecule has 0 radical (unpaired) electrons. The Labute approximate surface area is 82.3 Å². The molecule has 0 aromatic heterocycles. The van der Waals surface area contributed by atoms with Gasteiger partial charge in [-0.25, -0.2) is 0 Å². The van der Waals surface area contributed by atoms with Gasteiger partial charge in [0.15, 0.2) is 0 Å². The van der Waals surface area contributed by atoms with E-state index in [4.69, 9.17) is 15.7 Å². The van der Waals surface area contributed by atoms with Gasteiger partial charge in [-0.15, -0.1) is 0 Å². The third-order valence-electron chi connectivity index (χ3n) is 2.18. The number of ether oxygens (including phenoxy) is 1. The van der Waals surface area contributed by atoms with Crippen molar-refractivity contribution in [1.29, 1.82) is 5.26 Å². The molecule has 1 fully saturated rings. The number of nitrogen functional groups attached to an aromatic ring is 1. The van der Waals surface area contributed by atoms with E-state index in [1.165, 1.54) is 0 Å². The lowest BCUT2D eigenvalue weighted by Crippen LogP contribution is -2.40. The first kappa shape index (κ1) is 8.85. The van der Waals surface area contributed by atoms with Gasteiger partial charge in [0.2, 0.25) is 0 Å². The highest BCUT2D eigenvalue weighted by Gasteiger charge is 2.18. The summed E-state index contributed by atoms with van der Waals surface area (Å²) < 4.78 is 5.04. The van der Waals surface area contributed by atoms with Crippen molar-refractivity contribution in [2.24, 2.45) is 0 Å². The average Bonchev–Trinajstić information content (AvgIpc) is 2.14. The summed E-state index contributed by atoms with van der Waals surface area (Å²) in [5.41, 5.74) is 7.85. The summed E-state index contributed by atoms with van der Waals surface area (Å²) in [4.78, 5) is 0. The number of nitrogens with one attached hydrogen (secondary N) is 1. The maximum absolute atomic E-state index is 8.71. The third-order valence-corrected chi connectivity index (χ3v) is 2.18. The SMILES string of the molecule is N#Cc1ccc(N)c(NC2COC2)c1. The molecule has 2 rings (SSSR count). The van der Waals surface area contributed by atoms with Crippen LogP contribution >= 0.6 is 0 Å². The lowest BCUT2D eigenvalue weighted by Gasteiger charge is -2.28. The summed E-state index contributed by atoms with van der Waals surface area (Å²) >= 11 is 0. The Morgan fingerprint density at radius 3 is 2.86 bits per heavy atom. The quantitative estimate of drug-likeness (QED) is 0.679. The molecule has 14 heavy (non-hydrogen) atoms. The van der Waals surface area contributed by atoms with E-state index in [1.807, 2.05) is 0 Å². The van der Waals surface area contributed by atoms with E-state index in [1.54, 1.807) is 18.2 Å². The summed E-state index contributed by atoms with van der Waals surface area (Å²) in [5, 5.41) is 11.9. The number of nitrogens with zero attached hydrogens (tertiary/aromatic N) is 1. The lowest BCUT2D eigenvalue weighted by atomic mass is 10.1. The molecule has 0 aliphatic carbocycles. The van der Waals surface area contributed by atoms with Crippen molar-refractivity contribution in [3.8, 4) is 6.07 Å². The Morgan fingerprint density at radius 1 is 1.50 bits per heavy atom. The number of hydrogen-bond donors (Lipinski definition) is 2.